The molecule has 0 saturated carbocycles. The third-order valence-corrected chi connectivity index (χ3v) is 4.21. The van der Waals surface area contributed by atoms with Crippen molar-refractivity contribution in [3.63, 3.8) is 0 Å². The van der Waals surface area contributed by atoms with Crippen LogP contribution in [0.1, 0.15) is 18.9 Å². The van der Waals surface area contributed by atoms with Crippen molar-refractivity contribution >= 4 is 33.4 Å². The van der Waals surface area contributed by atoms with Crippen LogP contribution in [0.4, 0.5) is 5.69 Å². The quantitative estimate of drug-likeness (QED) is 0.612. The SMILES string of the molecule is CSCCC(C)NCc1cccc([N+](=O)[O-])c1Br. The average molecular weight is 333 g/mol. The lowest BCUT2D eigenvalue weighted by Gasteiger charge is -2.13. The maximum absolute atomic E-state index is 10.8. The zero-order chi connectivity index (χ0) is 13.5. The highest BCUT2D eigenvalue weighted by Gasteiger charge is 2.14. The highest BCUT2D eigenvalue weighted by atomic mass is 79.9. The van der Waals surface area contributed by atoms with Crippen LogP contribution in [0.2, 0.25) is 0 Å². The second-order valence-corrected chi connectivity index (χ2v) is 5.85. The number of nitrogens with one attached hydrogen (secondary N) is 1. The smallest absolute Gasteiger partial charge is 0.283 e. The Morgan fingerprint density at radius 1 is 1.56 bits per heavy atom. The summed E-state index contributed by atoms with van der Waals surface area (Å²) in [6.07, 6.45) is 3.18. The van der Waals surface area contributed by atoms with E-state index in [4.69, 9.17) is 0 Å². The van der Waals surface area contributed by atoms with Gasteiger partial charge in [-0.25, -0.2) is 0 Å². The minimum absolute atomic E-state index is 0.117. The minimum atomic E-state index is -0.370. The molecule has 6 heteroatoms. The van der Waals surface area contributed by atoms with Gasteiger partial charge in [0, 0.05) is 18.7 Å². The molecule has 0 aliphatic heterocycles. The molecule has 4 nitrogen and oxygen atoms in total. The van der Waals surface area contributed by atoms with Gasteiger partial charge < -0.3 is 5.32 Å². The molecule has 0 aliphatic rings. The summed E-state index contributed by atoms with van der Waals surface area (Å²) in [7, 11) is 0. The van der Waals surface area contributed by atoms with Crippen LogP contribution in [-0.2, 0) is 6.54 Å². The van der Waals surface area contributed by atoms with Gasteiger partial charge in [0.05, 0.1) is 9.40 Å². The van der Waals surface area contributed by atoms with E-state index in [2.05, 4.69) is 34.4 Å². The second-order valence-electron chi connectivity index (χ2n) is 4.07. The maximum atomic E-state index is 10.8. The van der Waals surface area contributed by atoms with Crippen molar-refractivity contribution in [2.24, 2.45) is 0 Å². The van der Waals surface area contributed by atoms with Crippen LogP contribution in [0.15, 0.2) is 22.7 Å². The molecule has 0 fully saturated rings. The molecular formula is C12H17BrN2O2S. The number of hydrogen-bond donors (Lipinski definition) is 1. The Kier molecular flexibility index (Phi) is 6.67. The van der Waals surface area contributed by atoms with Crippen molar-refractivity contribution in [2.45, 2.75) is 25.9 Å². The standard InChI is InChI=1S/C12H17BrN2O2S/c1-9(6-7-18-2)14-8-10-4-3-5-11(12(10)13)15(16)17/h3-5,9,14H,6-8H2,1-2H3. The molecule has 1 atom stereocenters. The number of nitro groups is 1. The van der Waals surface area contributed by atoms with E-state index in [1.165, 1.54) is 6.07 Å². The highest BCUT2D eigenvalue weighted by molar-refractivity contribution is 9.10. The molecule has 1 unspecified atom stereocenters. The molecule has 0 amide bonds. The first kappa shape index (κ1) is 15.5. The van der Waals surface area contributed by atoms with E-state index >= 15 is 0 Å². The minimum Gasteiger partial charge on any atom is -0.310 e. The van der Waals surface area contributed by atoms with Crippen LogP contribution in [0.3, 0.4) is 0 Å². The second kappa shape index (κ2) is 7.76. The summed E-state index contributed by atoms with van der Waals surface area (Å²) < 4.78 is 0.569. The molecule has 0 bridgehead atoms. The predicted octanol–water partition coefficient (Wildman–Crippen LogP) is 3.59. The van der Waals surface area contributed by atoms with Gasteiger partial charge in [0.25, 0.3) is 5.69 Å². The van der Waals surface area contributed by atoms with E-state index in [1.807, 2.05) is 17.8 Å². The van der Waals surface area contributed by atoms with Crippen LogP contribution in [0.5, 0.6) is 0 Å². The Morgan fingerprint density at radius 3 is 2.89 bits per heavy atom. The zero-order valence-corrected chi connectivity index (χ0v) is 12.9. The predicted molar refractivity (Wildman–Crippen MR) is 80.1 cm³/mol. The summed E-state index contributed by atoms with van der Waals surface area (Å²) in [6.45, 7) is 2.76. The summed E-state index contributed by atoms with van der Waals surface area (Å²) in [5.74, 6) is 1.12. The molecule has 1 N–H and O–H groups in total. The first-order chi connectivity index (χ1) is 8.56. The molecule has 1 rings (SSSR count). The number of rotatable bonds is 7. The number of nitro benzene ring substituents is 1. The molecule has 0 radical (unpaired) electrons. The Morgan fingerprint density at radius 2 is 2.28 bits per heavy atom. The summed E-state index contributed by atoms with van der Waals surface area (Å²) in [4.78, 5) is 10.4. The van der Waals surface area contributed by atoms with Gasteiger partial charge in [-0.15, -0.1) is 0 Å². The highest BCUT2D eigenvalue weighted by Crippen LogP contribution is 2.28. The van der Waals surface area contributed by atoms with E-state index in [1.54, 1.807) is 6.07 Å². The molecular weight excluding hydrogens is 316 g/mol. The number of benzene rings is 1. The van der Waals surface area contributed by atoms with Crippen LogP contribution in [0.25, 0.3) is 0 Å². The molecule has 0 heterocycles. The van der Waals surface area contributed by atoms with Crippen molar-refractivity contribution in [1.29, 1.82) is 0 Å². The van der Waals surface area contributed by atoms with Gasteiger partial charge in [-0.2, -0.15) is 11.8 Å². The van der Waals surface area contributed by atoms with Gasteiger partial charge in [0.2, 0.25) is 0 Å². The number of halogens is 1. The zero-order valence-electron chi connectivity index (χ0n) is 10.5. The van der Waals surface area contributed by atoms with Gasteiger partial charge in [0.1, 0.15) is 0 Å². The number of hydrogen-bond acceptors (Lipinski definition) is 4. The van der Waals surface area contributed by atoms with Gasteiger partial charge in [-0.05, 0) is 46.8 Å². The number of thioether (sulfide) groups is 1. The van der Waals surface area contributed by atoms with E-state index in [-0.39, 0.29) is 10.6 Å². The molecule has 0 aromatic heterocycles. The lowest BCUT2D eigenvalue weighted by atomic mass is 10.2. The number of nitrogens with zero attached hydrogens (tertiary/aromatic N) is 1. The topological polar surface area (TPSA) is 55.2 Å². The van der Waals surface area contributed by atoms with Gasteiger partial charge in [-0.1, -0.05) is 12.1 Å². The molecule has 1 aromatic carbocycles. The molecule has 18 heavy (non-hydrogen) atoms. The normalized spacial score (nSPS) is 12.4. The van der Waals surface area contributed by atoms with Crippen LogP contribution in [0, 0.1) is 10.1 Å². The maximum Gasteiger partial charge on any atom is 0.283 e. The average Bonchev–Trinajstić information content (AvgIpc) is 2.34. The van der Waals surface area contributed by atoms with Crippen molar-refractivity contribution < 1.29 is 4.92 Å². The fraction of sp³-hybridized carbons (Fsp3) is 0.500. The van der Waals surface area contributed by atoms with Crippen LogP contribution in [-0.4, -0.2) is 23.0 Å². The lowest BCUT2D eigenvalue weighted by molar-refractivity contribution is -0.385. The molecule has 1 aromatic rings. The van der Waals surface area contributed by atoms with E-state index in [9.17, 15) is 10.1 Å². The van der Waals surface area contributed by atoms with E-state index in [0.29, 0.717) is 17.1 Å². The monoisotopic (exact) mass is 332 g/mol. The van der Waals surface area contributed by atoms with Gasteiger partial charge in [-0.3, -0.25) is 10.1 Å². The van der Waals surface area contributed by atoms with Crippen LogP contribution < -0.4 is 5.32 Å². The van der Waals surface area contributed by atoms with Crippen molar-refractivity contribution in [3.05, 3.63) is 38.3 Å². The summed E-state index contributed by atoms with van der Waals surface area (Å²) in [5.41, 5.74) is 1.03. The molecule has 100 valence electrons. The van der Waals surface area contributed by atoms with Crippen LogP contribution >= 0.6 is 27.7 Å². The van der Waals surface area contributed by atoms with Crippen molar-refractivity contribution in [2.75, 3.05) is 12.0 Å². The Hall–Kier alpha value is -0.590. The summed E-state index contributed by atoms with van der Waals surface area (Å²) in [6, 6.07) is 5.52. The summed E-state index contributed by atoms with van der Waals surface area (Å²) in [5, 5.41) is 14.2. The van der Waals surface area contributed by atoms with Gasteiger partial charge in [0.15, 0.2) is 0 Å². The fourth-order valence-corrected chi connectivity index (χ4v) is 2.66. The Labute approximate surface area is 120 Å². The Bertz CT molecular complexity index is 415. The fourth-order valence-electron chi connectivity index (χ4n) is 1.52. The third-order valence-electron chi connectivity index (χ3n) is 2.65. The molecule has 0 saturated heterocycles. The first-order valence-corrected chi connectivity index (χ1v) is 7.89. The summed E-state index contributed by atoms with van der Waals surface area (Å²) >= 11 is 5.12. The van der Waals surface area contributed by atoms with E-state index in [0.717, 1.165) is 17.7 Å². The van der Waals surface area contributed by atoms with Gasteiger partial charge >= 0.3 is 0 Å². The molecule has 0 aliphatic carbocycles. The first-order valence-electron chi connectivity index (χ1n) is 5.70. The lowest BCUT2D eigenvalue weighted by Crippen LogP contribution is -2.26. The largest absolute Gasteiger partial charge is 0.310 e. The van der Waals surface area contributed by atoms with Crippen molar-refractivity contribution in [1.82, 2.24) is 5.32 Å². The van der Waals surface area contributed by atoms with Crippen molar-refractivity contribution in [3.8, 4) is 0 Å². The Balaban J connectivity index is 2.62. The van der Waals surface area contributed by atoms with E-state index < -0.39 is 0 Å². The third kappa shape index (κ3) is 4.59. The molecule has 0 spiro atoms.